The average Bonchev–Trinajstić information content (AvgIpc) is 2.97. The minimum Gasteiger partial charge on any atom is -0.497 e. The van der Waals surface area contributed by atoms with Crippen molar-refractivity contribution in [1.29, 1.82) is 0 Å². The van der Waals surface area contributed by atoms with Crippen molar-refractivity contribution in [2.75, 3.05) is 50.1 Å². The van der Waals surface area contributed by atoms with E-state index in [0.29, 0.717) is 30.3 Å². The van der Waals surface area contributed by atoms with Crippen LogP contribution in [0.25, 0.3) is 0 Å². The van der Waals surface area contributed by atoms with Crippen LogP contribution in [0.1, 0.15) is 10.4 Å². The number of anilines is 2. The number of amides is 1. The smallest absolute Gasteiger partial charge is 0.338 e. The third-order valence-corrected chi connectivity index (χ3v) is 9.09. The summed E-state index contributed by atoms with van der Waals surface area (Å²) in [4.78, 5) is 24.7. The van der Waals surface area contributed by atoms with Gasteiger partial charge in [0.1, 0.15) is 5.75 Å². The van der Waals surface area contributed by atoms with Crippen molar-refractivity contribution in [3.05, 3.63) is 78.4 Å². The van der Waals surface area contributed by atoms with Gasteiger partial charge in [0, 0.05) is 24.5 Å². The van der Waals surface area contributed by atoms with Crippen LogP contribution >= 0.6 is 0 Å². The van der Waals surface area contributed by atoms with Gasteiger partial charge in [-0.3, -0.25) is 9.52 Å². The van der Waals surface area contributed by atoms with Crippen LogP contribution in [0, 0.1) is 0 Å². The van der Waals surface area contributed by atoms with Gasteiger partial charge in [-0.1, -0.05) is 6.07 Å². The highest BCUT2D eigenvalue weighted by atomic mass is 32.2. The number of ether oxygens (including phenoxy) is 3. The normalized spacial score (nSPS) is 14.2. The zero-order valence-corrected chi connectivity index (χ0v) is 23.0. The largest absolute Gasteiger partial charge is 0.497 e. The maximum absolute atomic E-state index is 12.8. The maximum Gasteiger partial charge on any atom is 0.338 e. The number of carbonyl (C=O) groups excluding carboxylic acids is 2. The first-order valence-corrected chi connectivity index (χ1v) is 14.9. The quantitative estimate of drug-likeness (QED) is 0.339. The van der Waals surface area contributed by atoms with Crippen LogP contribution in [-0.2, 0) is 34.3 Å². The Labute approximate surface area is 232 Å². The molecule has 3 aromatic rings. The van der Waals surface area contributed by atoms with Gasteiger partial charge in [0.2, 0.25) is 10.0 Å². The topological polar surface area (TPSA) is 157 Å². The van der Waals surface area contributed by atoms with Gasteiger partial charge in [-0.05, 0) is 66.7 Å². The Morgan fingerprint density at radius 1 is 0.875 bits per heavy atom. The van der Waals surface area contributed by atoms with Crippen molar-refractivity contribution in [3.63, 3.8) is 0 Å². The molecule has 0 unspecified atom stereocenters. The van der Waals surface area contributed by atoms with Gasteiger partial charge < -0.3 is 19.5 Å². The van der Waals surface area contributed by atoms with Gasteiger partial charge in [-0.15, -0.1) is 0 Å². The number of hydrogen-bond acceptors (Lipinski definition) is 9. The molecule has 1 heterocycles. The molecule has 4 rings (SSSR count). The van der Waals surface area contributed by atoms with Crippen molar-refractivity contribution in [1.82, 2.24) is 4.31 Å². The minimum atomic E-state index is -4.01. The second-order valence-electron chi connectivity index (χ2n) is 8.53. The molecule has 14 heteroatoms. The van der Waals surface area contributed by atoms with Crippen LogP contribution in [0.4, 0.5) is 11.4 Å². The third-order valence-electron chi connectivity index (χ3n) is 5.80. The molecule has 1 fully saturated rings. The molecular formula is C26H27N3O9S2. The Bertz CT molecular complexity index is 1570. The summed E-state index contributed by atoms with van der Waals surface area (Å²) < 4.78 is 70.0. The highest BCUT2D eigenvalue weighted by molar-refractivity contribution is 7.92. The number of sulfonamides is 2. The van der Waals surface area contributed by atoms with Crippen LogP contribution in [0.5, 0.6) is 5.75 Å². The molecule has 1 aliphatic rings. The van der Waals surface area contributed by atoms with E-state index < -0.39 is 38.5 Å². The van der Waals surface area contributed by atoms with Gasteiger partial charge in [-0.2, -0.15) is 4.31 Å². The number of rotatable bonds is 10. The summed E-state index contributed by atoms with van der Waals surface area (Å²) in [5.74, 6) is -1.00. The first-order valence-electron chi connectivity index (χ1n) is 12.0. The zero-order chi connectivity index (χ0) is 28.8. The van der Waals surface area contributed by atoms with E-state index in [9.17, 15) is 26.4 Å². The summed E-state index contributed by atoms with van der Waals surface area (Å²) in [6, 6.07) is 17.1. The molecule has 40 heavy (non-hydrogen) atoms. The molecule has 1 saturated heterocycles. The predicted octanol–water partition coefficient (Wildman–Crippen LogP) is 2.31. The van der Waals surface area contributed by atoms with Gasteiger partial charge in [-0.25, -0.2) is 21.6 Å². The summed E-state index contributed by atoms with van der Waals surface area (Å²) in [6.45, 7) is 0.535. The lowest BCUT2D eigenvalue weighted by molar-refractivity contribution is -0.119. The predicted molar refractivity (Wildman–Crippen MR) is 145 cm³/mol. The highest BCUT2D eigenvalue weighted by Gasteiger charge is 2.26. The molecular weight excluding hydrogens is 562 g/mol. The number of methoxy groups -OCH3 is 1. The van der Waals surface area contributed by atoms with Crippen molar-refractivity contribution in [2.45, 2.75) is 9.79 Å². The van der Waals surface area contributed by atoms with E-state index in [1.165, 1.54) is 66.0 Å². The molecule has 1 aliphatic heterocycles. The molecule has 0 aromatic heterocycles. The van der Waals surface area contributed by atoms with Crippen LogP contribution in [-0.4, -0.2) is 73.0 Å². The van der Waals surface area contributed by atoms with E-state index in [2.05, 4.69) is 10.0 Å². The number of hydrogen-bond donors (Lipinski definition) is 2. The molecule has 0 spiro atoms. The lowest BCUT2D eigenvalue weighted by Gasteiger charge is -2.26. The van der Waals surface area contributed by atoms with Gasteiger partial charge >= 0.3 is 5.97 Å². The average molecular weight is 590 g/mol. The molecule has 0 saturated carbocycles. The van der Waals surface area contributed by atoms with Crippen LogP contribution < -0.4 is 14.8 Å². The fourth-order valence-electron chi connectivity index (χ4n) is 3.72. The molecule has 0 radical (unpaired) electrons. The minimum absolute atomic E-state index is 0.0666. The lowest BCUT2D eigenvalue weighted by Crippen LogP contribution is -2.40. The van der Waals surface area contributed by atoms with Gasteiger partial charge in [0.05, 0.1) is 35.7 Å². The van der Waals surface area contributed by atoms with Gasteiger partial charge in [0.25, 0.3) is 15.9 Å². The molecule has 2 N–H and O–H groups in total. The maximum atomic E-state index is 12.8. The van der Waals surface area contributed by atoms with Crippen molar-refractivity contribution < 1.29 is 40.6 Å². The molecule has 0 atom stereocenters. The first-order chi connectivity index (χ1) is 19.1. The van der Waals surface area contributed by atoms with E-state index in [1.807, 2.05) is 0 Å². The lowest BCUT2D eigenvalue weighted by atomic mass is 10.2. The standard InChI is InChI=1S/C26H27N3O9S2/c1-36-22-9-5-21(6-10-22)28-39(32,33)24-4-2-3-19(17-24)26(31)38-18-25(30)27-20-7-11-23(12-8-20)40(34,35)29-13-15-37-16-14-29/h2-12,17,28H,13-16,18H2,1H3,(H,27,30). The Morgan fingerprint density at radius 3 is 2.17 bits per heavy atom. The summed E-state index contributed by atoms with van der Waals surface area (Å²) in [5.41, 5.74) is 0.542. The molecule has 3 aromatic carbocycles. The summed E-state index contributed by atoms with van der Waals surface area (Å²) in [6.07, 6.45) is 0. The second kappa shape index (κ2) is 12.5. The Kier molecular flexibility index (Phi) is 9.04. The SMILES string of the molecule is COc1ccc(NS(=O)(=O)c2cccc(C(=O)OCC(=O)Nc3ccc(S(=O)(=O)N4CCOCC4)cc3)c2)cc1. The van der Waals surface area contributed by atoms with Crippen LogP contribution in [0.15, 0.2) is 82.6 Å². The van der Waals surface area contributed by atoms with Crippen LogP contribution in [0.3, 0.4) is 0 Å². The van der Waals surface area contributed by atoms with Crippen molar-refractivity contribution in [3.8, 4) is 5.75 Å². The molecule has 12 nitrogen and oxygen atoms in total. The second-order valence-corrected chi connectivity index (χ2v) is 12.1. The number of morpholine rings is 1. The fraction of sp³-hybridized carbons (Fsp3) is 0.231. The Hall–Kier alpha value is -3.98. The fourth-order valence-corrected chi connectivity index (χ4v) is 6.23. The number of esters is 1. The third kappa shape index (κ3) is 7.15. The zero-order valence-electron chi connectivity index (χ0n) is 21.4. The number of benzene rings is 3. The molecule has 212 valence electrons. The molecule has 0 bridgehead atoms. The van der Waals surface area contributed by atoms with E-state index in [1.54, 1.807) is 12.1 Å². The molecule has 1 amide bonds. The number of carbonyl (C=O) groups is 2. The van der Waals surface area contributed by atoms with E-state index in [-0.39, 0.29) is 28.4 Å². The van der Waals surface area contributed by atoms with Crippen LogP contribution in [0.2, 0.25) is 0 Å². The summed E-state index contributed by atoms with van der Waals surface area (Å²) in [7, 11) is -6.19. The summed E-state index contributed by atoms with van der Waals surface area (Å²) >= 11 is 0. The number of nitrogens with one attached hydrogen (secondary N) is 2. The van der Waals surface area contributed by atoms with E-state index >= 15 is 0 Å². The van der Waals surface area contributed by atoms with Crippen molar-refractivity contribution in [2.24, 2.45) is 0 Å². The molecule has 0 aliphatic carbocycles. The van der Waals surface area contributed by atoms with Gasteiger partial charge in [0.15, 0.2) is 6.61 Å². The number of nitrogens with zero attached hydrogens (tertiary/aromatic N) is 1. The Morgan fingerprint density at radius 2 is 1.52 bits per heavy atom. The monoisotopic (exact) mass is 589 g/mol. The van der Waals surface area contributed by atoms with Crippen molar-refractivity contribution >= 4 is 43.3 Å². The Balaban J connectivity index is 1.33. The summed E-state index contributed by atoms with van der Waals surface area (Å²) in [5, 5.41) is 2.52. The highest BCUT2D eigenvalue weighted by Crippen LogP contribution is 2.21. The first kappa shape index (κ1) is 29.0. The van der Waals surface area contributed by atoms with E-state index in [0.717, 1.165) is 6.07 Å². The van der Waals surface area contributed by atoms with E-state index in [4.69, 9.17) is 14.2 Å².